The Balaban J connectivity index is 1.96. The van der Waals surface area contributed by atoms with Crippen molar-refractivity contribution in [2.24, 2.45) is 0 Å². The second kappa shape index (κ2) is 5.37. The number of amides is 1. The maximum absolute atomic E-state index is 12.9. The monoisotopic (exact) mass is 250 g/mol. The summed E-state index contributed by atoms with van der Waals surface area (Å²) in [6.45, 7) is -0.283. The first kappa shape index (κ1) is 12.2. The number of halogens is 1. The van der Waals surface area contributed by atoms with Crippen LogP contribution in [0, 0.1) is 5.82 Å². The van der Waals surface area contributed by atoms with Crippen LogP contribution in [-0.2, 0) is 17.9 Å². The van der Waals surface area contributed by atoms with Crippen molar-refractivity contribution in [1.29, 1.82) is 0 Å². The normalized spacial score (nSPS) is 10.3. The molecule has 7 heteroatoms. The molecule has 0 unspecified atom stereocenters. The molecule has 1 aromatic carbocycles. The van der Waals surface area contributed by atoms with Gasteiger partial charge in [-0.05, 0) is 18.2 Å². The van der Waals surface area contributed by atoms with Crippen molar-refractivity contribution >= 4 is 11.6 Å². The van der Waals surface area contributed by atoms with Gasteiger partial charge in [-0.2, -0.15) is 0 Å². The molecular formula is C11H11FN4O2. The van der Waals surface area contributed by atoms with Crippen molar-refractivity contribution in [3.05, 3.63) is 42.0 Å². The van der Waals surface area contributed by atoms with Crippen molar-refractivity contribution in [3.8, 4) is 0 Å². The summed E-state index contributed by atoms with van der Waals surface area (Å²) in [5, 5.41) is 18.6. The molecule has 0 atom stereocenters. The zero-order valence-corrected chi connectivity index (χ0v) is 9.38. The summed E-state index contributed by atoms with van der Waals surface area (Å²) in [7, 11) is 0. The van der Waals surface area contributed by atoms with Gasteiger partial charge in [0, 0.05) is 5.69 Å². The molecule has 2 rings (SSSR count). The number of hydrogen-bond acceptors (Lipinski definition) is 4. The molecule has 2 N–H and O–H groups in total. The Kier molecular flexibility index (Phi) is 3.63. The van der Waals surface area contributed by atoms with E-state index >= 15 is 0 Å². The van der Waals surface area contributed by atoms with Crippen LogP contribution in [0.25, 0.3) is 0 Å². The van der Waals surface area contributed by atoms with Crippen molar-refractivity contribution in [2.75, 3.05) is 5.32 Å². The number of carbonyl (C=O) groups is 1. The lowest BCUT2D eigenvalue weighted by Crippen LogP contribution is -2.19. The molecule has 1 amide bonds. The molecule has 2 aromatic rings. The van der Waals surface area contributed by atoms with Gasteiger partial charge < -0.3 is 10.4 Å². The second-order valence-corrected chi connectivity index (χ2v) is 3.62. The average molecular weight is 250 g/mol. The average Bonchev–Trinajstić information content (AvgIpc) is 2.76. The fourth-order valence-electron chi connectivity index (χ4n) is 1.40. The fourth-order valence-corrected chi connectivity index (χ4v) is 1.40. The number of aliphatic hydroxyl groups is 1. The molecule has 94 valence electrons. The number of anilines is 1. The van der Waals surface area contributed by atoms with Crippen LogP contribution < -0.4 is 5.32 Å². The number of benzene rings is 1. The molecule has 0 fully saturated rings. The van der Waals surface area contributed by atoms with E-state index in [1.807, 2.05) is 0 Å². The van der Waals surface area contributed by atoms with Crippen LogP contribution in [0.2, 0.25) is 0 Å². The van der Waals surface area contributed by atoms with Crippen molar-refractivity contribution in [1.82, 2.24) is 15.0 Å². The molecule has 1 aromatic heterocycles. The molecule has 0 saturated heterocycles. The number of nitrogens with zero attached hydrogens (tertiary/aromatic N) is 3. The van der Waals surface area contributed by atoms with Crippen LogP contribution in [0.1, 0.15) is 5.69 Å². The topological polar surface area (TPSA) is 80.0 Å². The first-order valence-corrected chi connectivity index (χ1v) is 5.22. The summed E-state index contributed by atoms with van der Waals surface area (Å²) in [5.41, 5.74) is 0.760. The Labute approximate surface area is 102 Å². The first-order chi connectivity index (χ1) is 8.67. The highest BCUT2D eigenvalue weighted by molar-refractivity contribution is 5.90. The fraction of sp³-hybridized carbons (Fsp3) is 0.182. The van der Waals surface area contributed by atoms with E-state index in [0.29, 0.717) is 11.4 Å². The minimum Gasteiger partial charge on any atom is -0.390 e. The summed E-state index contributed by atoms with van der Waals surface area (Å²) in [5.74, 6) is -0.772. The number of aliphatic hydroxyl groups excluding tert-OH is 1. The lowest BCUT2D eigenvalue weighted by atomic mass is 10.3. The minimum atomic E-state index is -0.420. The van der Waals surface area contributed by atoms with E-state index in [-0.39, 0.29) is 19.1 Å². The van der Waals surface area contributed by atoms with Crippen molar-refractivity contribution in [3.63, 3.8) is 0 Å². The standard InChI is InChI=1S/C11H11FN4O2/c12-8-2-1-3-9(4-8)13-11(18)6-16-5-10(7-17)14-15-16/h1-5,17H,6-7H2,(H,13,18). The van der Waals surface area contributed by atoms with Crippen LogP contribution in [-0.4, -0.2) is 26.0 Å². The molecule has 0 spiro atoms. The maximum atomic E-state index is 12.9. The van der Waals surface area contributed by atoms with Gasteiger partial charge in [0.05, 0.1) is 12.8 Å². The SMILES string of the molecule is O=C(Cn1cc(CO)nn1)Nc1cccc(F)c1. The van der Waals surface area contributed by atoms with Gasteiger partial charge in [0.15, 0.2) is 0 Å². The van der Waals surface area contributed by atoms with Crippen LogP contribution >= 0.6 is 0 Å². The predicted octanol–water partition coefficient (Wildman–Crippen LogP) is 0.548. The molecule has 0 aliphatic heterocycles. The second-order valence-electron chi connectivity index (χ2n) is 3.62. The molecule has 0 aliphatic carbocycles. The zero-order valence-electron chi connectivity index (χ0n) is 9.38. The minimum absolute atomic E-state index is 0.0521. The third-order valence-electron chi connectivity index (χ3n) is 2.16. The van der Waals surface area contributed by atoms with Crippen molar-refractivity contribution in [2.45, 2.75) is 13.2 Å². The molecule has 18 heavy (non-hydrogen) atoms. The predicted molar refractivity (Wildman–Crippen MR) is 61.0 cm³/mol. The van der Waals surface area contributed by atoms with Gasteiger partial charge in [-0.3, -0.25) is 4.79 Å². The van der Waals surface area contributed by atoms with E-state index in [1.165, 1.54) is 29.1 Å². The van der Waals surface area contributed by atoms with E-state index < -0.39 is 5.82 Å². The lowest BCUT2D eigenvalue weighted by Gasteiger charge is -2.04. The molecule has 0 bridgehead atoms. The Hall–Kier alpha value is -2.28. The van der Waals surface area contributed by atoms with E-state index in [4.69, 9.17) is 5.11 Å². The lowest BCUT2D eigenvalue weighted by molar-refractivity contribution is -0.116. The van der Waals surface area contributed by atoms with E-state index in [0.717, 1.165) is 0 Å². The van der Waals surface area contributed by atoms with Crippen molar-refractivity contribution < 1.29 is 14.3 Å². The van der Waals surface area contributed by atoms with Crippen LogP contribution in [0.3, 0.4) is 0 Å². The summed E-state index contributed by atoms with van der Waals surface area (Å²) in [4.78, 5) is 11.6. The highest BCUT2D eigenvalue weighted by Crippen LogP contribution is 2.08. The summed E-state index contributed by atoms with van der Waals surface area (Å²) in [6.07, 6.45) is 1.46. The Bertz CT molecular complexity index is 555. The Morgan fingerprint density at radius 3 is 3.00 bits per heavy atom. The Morgan fingerprint density at radius 2 is 2.33 bits per heavy atom. The molecule has 0 saturated carbocycles. The third kappa shape index (κ3) is 3.11. The van der Waals surface area contributed by atoms with Gasteiger partial charge in [-0.25, -0.2) is 9.07 Å². The van der Waals surface area contributed by atoms with Gasteiger partial charge in [0.2, 0.25) is 5.91 Å². The molecule has 0 radical (unpaired) electrons. The Morgan fingerprint density at radius 1 is 1.50 bits per heavy atom. The van der Waals surface area contributed by atoms with Gasteiger partial charge >= 0.3 is 0 Å². The maximum Gasteiger partial charge on any atom is 0.246 e. The first-order valence-electron chi connectivity index (χ1n) is 5.22. The summed E-state index contributed by atoms with van der Waals surface area (Å²) in [6, 6.07) is 5.60. The number of aromatic nitrogens is 3. The largest absolute Gasteiger partial charge is 0.390 e. The van der Waals surface area contributed by atoms with E-state index in [1.54, 1.807) is 6.07 Å². The molecule has 6 nitrogen and oxygen atoms in total. The smallest absolute Gasteiger partial charge is 0.246 e. The van der Waals surface area contributed by atoms with Gasteiger partial charge in [-0.15, -0.1) is 5.10 Å². The molecule has 1 heterocycles. The highest BCUT2D eigenvalue weighted by atomic mass is 19.1. The van der Waals surface area contributed by atoms with Gasteiger partial charge in [0.25, 0.3) is 0 Å². The van der Waals surface area contributed by atoms with E-state index in [2.05, 4.69) is 15.6 Å². The number of hydrogen-bond donors (Lipinski definition) is 2. The van der Waals surface area contributed by atoms with Crippen LogP contribution in [0.5, 0.6) is 0 Å². The van der Waals surface area contributed by atoms with Gasteiger partial charge in [-0.1, -0.05) is 11.3 Å². The van der Waals surface area contributed by atoms with E-state index in [9.17, 15) is 9.18 Å². The number of carbonyl (C=O) groups excluding carboxylic acids is 1. The third-order valence-corrected chi connectivity index (χ3v) is 2.16. The molecular weight excluding hydrogens is 239 g/mol. The zero-order chi connectivity index (χ0) is 13.0. The van der Waals surface area contributed by atoms with Crippen LogP contribution in [0.15, 0.2) is 30.5 Å². The number of rotatable bonds is 4. The van der Waals surface area contributed by atoms with Gasteiger partial charge in [0.1, 0.15) is 18.1 Å². The molecule has 0 aliphatic rings. The van der Waals surface area contributed by atoms with Crippen LogP contribution in [0.4, 0.5) is 10.1 Å². The highest BCUT2D eigenvalue weighted by Gasteiger charge is 2.06. The summed E-state index contributed by atoms with van der Waals surface area (Å²) >= 11 is 0. The summed E-state index contributed by atoms with van der Waals surface area (Å²) < 4.78 is 14.2. The number of nitrogens with one attached hydrogen (secondary N) is 1. The quantitative estimate of drug-likeness (QED) is 0.830.